The summed E-state index contributed by atoms with van der Waals surface area (Å²) in [6, 6.07) is 13.7. The van der Waals surface area contributed by atoms with Gasteiger partial charge in [-0.1, -0.05) is 23.7 Å². The summed E-state index contributed by atoms with van der Waals surface area (Å²) >= 11 is 6.03. The second-order valence-corrected chi connectivity index (χ2v) is 5.21. The van der Waals surface area contributed by atoms with Crippen molar-refractivity contribution in [2.24, 2.45) is 0 Å². The van der Waals surface area contributed by atoms with Crippen LogP contribution < -0.4 is 10.1 Å². The first kappa shape index (κ1) is 15.8. The van der Waals surface area contributed by atoms with Gasteiger partial charge in [0.1, 0.15) is 11.5 Å². The lowest BCUT2D eigenvalue weighted by atomic mass is 10.1. The highest BCUT2D eigenvalue weighted by molar-refractivity contribution is 6.30. The van der Waals surface area contributed by atoms with Crippen LogP contribution in [0.1, 0.15) is 11.1 Å². The van der Waals surface area contributed by atoms with E-state index >= 15 is 0 Å². The Balaban J connectivity index is 2.10. The van der Waals surface area contributed by atoms with E-state index in [0.717, 1.165) is 30.1 Å². The molecule has 0 aliphatic rings. The summed E-state index contributed by atoms with van der Waals surface area (Å²) in [7, 11) is 3.61. The van der Waals surface area contributed by atoms with Gasteiger partial charge in [-0.25, -0.2) is 0 Å². The Morgan fingerprint density at radius 1 is 1.10 bits per heavy atom. The second-order valence-electron chi connectivity index (χ2n) is 4.77. The Kier molecular flexibility index (Phi) is 6.05. The normalized spacial score (nSPS) is 10.6. The van der Waals surface area contributed by atoms with Crippen molar-refractivity contribution in [3.8, 4) is 11.5 Å². The molecule has 0 saturated carbocycles. The lowest BCUT2D eigenvalue weighted by molar-refractivity contribution is 0.202. The van der Waals surface area contributed by atoms with E-state index in [1.54, 1.807) is 7.11 Å². The maximum atomic E-state index is 6.03. The maximum absolute atomic E-state index is 6.03. The third kappa shape index (κ3) is 4.74. The Bertz CT molecular complexity index is 570. The van der Waals surface area contributed by atoms with Crippen molar-refractivity contribution in [3.63, 3.8) is 0 Å². The standard InChI is InChI=1S/C17H20ClNO2/c1-19-12-14-11-15(18)5-8-17(14)21-16-6-3-13(4-7-16)9-10-20-2/h3-8,11,19H,9-10,12H2,1-2H3. The van der Waals surface area contributed by atoms with Crippen LogP contribution in [0.4, 0.5) is 0 Å². The van der Waals surface area contributed by atoms with E-state index in [2.05, 4.69) is 17.4 Å². The Hall–Kier alpha value is -1.55. The molecule has 0 amide bonds. The molecule has 2 rings (SSSR count). The molecule has 4 heteroatoms. The Morgan fingerprint density at radius 3 is 2.52 bits per heavy atom. The number of halogens is 1. The molecule has 0 aliphatic carbocycles. The monoisotopic (exact) mass is 305 g/mol. The molecule has 0 bridgehead atoms. The van der Waals surface area contributed by atoms with Gasteiger partial charge in [0.2, 0.25) is 0 Å². The van der Waals surface area contributed by atoms with Gasteiger partial charge in [0, 0.05) is 24.2 Å². The first-order chi connectivity index (χ1) is 10.2. The third-order valence-electron chi connectivity index (χ3n) is 3.14. The van der Waals surface area contributed by atoms with Crippen molar-refractivity contribution in [2.45, 2.75) is 13.0 Å². The summed E-state index contributed by atoms with van der Waals surface area (Å²) < 4.78 is 11.0. The molecular weight excluding hydrogens is 286 g/mol. The summed E-state index contributed by atoms with van der Waals surface area (Å²) in [5, 5.41) is 3.83. The number of ether oxygens (including phenoxy) is 2. The molecule has 2 aromatic rings. The highest BCUT2D eigenvalue weighted by Gasteiger charge is 2.06. The molecule has 21 heavy (non-hydrogen) atoms. The van der Waals surface area contributed by atoms with Gasteiger partial charge >= 0.3 is 0 Å². The fourth-order valence-corrected chi connectivity index (χ4v) is 2.24. The zero-order valence-corrected chi connectivity index (χ0v) is 13.1. The molecule has 0 fully saturated rings. The Labute approximate surface area is 130 Å². The molecule has 0 aromatic heterocycles. The predicted molar refractivity (Wildman–Crippen MR) is 86.3 cm³/mol. The van der Waals surface area contributed by atoms with Crippen molar-refractivity contribution in [1.82, 2.24) is 5.32 Å². The maximum Gasteiger partial charge on any atom is 0.132 e. The van der Waals surface area contributed by atoms with Crippen LogP contribution >= 0.6 is 11.6 Å². The summed E-state index contributed by atoms with van der Waals surface area (Å²) in [6.07, 6.45) is 0.905. The van der Waals surface area contributed by atoms with Crippen LogP contribution in [0.25, 0.3) is 0 Å². The summed E-state index contributed by atoms with van der Waals surface area (Å²) in [5.74, 6) is 1.63. The van der Waals surface area contributed by atoms with Crippen molar-refractivity contribution in [1.29, 1.82) is 0 Å². The highest BCUT2D eigenvalue weighted by Crippen LogP contribution is 2.28. The van der Waals surface area contributed by atoms with Gasteiger partial charge in [-0.15, -0.1) is 0 Å². The minimum Gasteiger partial charge on any atom is -0.457 e. The fraction of sp³-hybridized carbons (Fsp3) is 0.294. The van der Waals surface area contributed by atoms with Gasteiger partial charge in [0.05, 0.1) is 6.61 Å². The van der Waals surface area contributed by atoms with Gasteiger partial charge in [-0.05, 0) is 49.4 Å². The SMILES string of the molecule is CNCc1cc(Cl)ccc1Oc1ccc(CCOC)cc1. The summed E-state index contributed by atoms with van der Waals surface area (Å²) in [5.41, 5.74) is 2.27. The van der Waals surface area contributed by atoms with Gasteiger partial charge in [0.15, 0.2) is 0 Å². The van der Waals surface area contributed by atoms with E-state index in [4.69, 9.17) is 21.1 Å². The molecule has 0 radical (unpaired) electrons. The molecule has 112 valence electrons. The molecule has 0 spiro atoms. The molecular formula is C17H20ClNO2. The summed E-state index contributed by atoms with van der Waals surface area (Å²) in [6.45, 7) is 1.44. The number of methoxy groups -OCH3 is 1. The smallest absolute Gasteiger partial charge is 0.132 e. The number of benzene rings is 2. The van der Waals surface area contributed by atoms with Crippen LogP contribution in [0.2, 0.25) is 5.02 Å². The van der Waals surface area contributed by atoms with Crippen molar-refractivity contribution in [3.05, 3.63) is 58.6 Å². The minimum atomic E-state index is 0.710. The van der Waals surface area contributed by atoms with E-state index in [-0.39, 0.29) is 0 Å². The molecule has 0 unspecified atom stereocenters. The van der Waals surface area contributed by atoms with Crippen LogP contribution in [0.5, 0.6) is 11.5 Å². The van der Waals surface area contributed by atoms with E-state index < -0.39 is 0 Å². The van der Waals surface area contributed by atoms with E-state index in [1.165, 1.54) is 5.56 Å². The van der Waals surface area contributed by atoms with E-state index in [1.807, 2.05) is 37.4 Å². The van der Waals surface area contributed by atoms with Gasteiger partial charge in [0.25, 0.3) is 0 Å². The lowest BCUT2D eigenvalue weighted by Gasteiger charge is -2.12. The molecule has 3 nitrogen and oxygen atoms in total. The van der Waals surface area contributed by atoms with Crippen LogP contribution in [-0.2, 0) is 17.7 Å². The van der Waals surface area contributed by atoms with Crippen molar-refractivity contribution in [2.75, 3.05) is 20.8 Å². The largest absolute Gasteiger partial charge is 0.457 e. The highest BCUT2D eigenvalue weighted by atomic mass is 35.5. The average Bonchev–Trinajstić information content (AvgIpc) is 2.49. The topological polar surface area (TPSA) is 30.5 Å². The third-order valence-corrected chi connectivity index (χ3v) is 3.37. The Morgan fingerprint density at radius 2 is 1.86 bits per heavy atom. The van der Waals surface area contributed by atoms with Gasteiger partial charge in [-0.2, -0.15) is 0 Å². The quantitative estimate of drug-likeness (QED) is 0.837. The van der Waals surface area contributed by atoms with E-state index in [0.29, 0.717) is 11.6 Å². The first-order valence-electron chi connectivity index (χ1n) is 6.91. The number of hydrogen-bond acceptors (Lipinski definition) is 3. The minimum absolute atomic E-state index is 0.710. The van der Waals surface area contributed by atoms with Gasteiger partial charge < -0.3 is 14.8 Å². The first-order valence-corrected chi connectivity index (χ1v) is 7.29. The van der Waals surface area contributed by atoms with E-state index in [9.17, 15) is 0 Å². The lowest BCUT2D eigenvalue weighted by Crippen LogP contribution is -2.06. The van der Waals surface area contributed by atoms with Crippen LogP contribution in [0, 0.1) is 0 Å². The van der Waals surface area contributed by atoms with Crippen LogP contribution in [0.3, 0.4) is 0 Å². The molecule has 2 aromatic carbocycles. The molecule has 0 heterocycles. The average molecular weight is 306 g/mol. The second kappa shape index (κ2) is 8.03. The zero-order valence-electron chi connectivity index (χ0n) is 12.4. The number of hydrogen-bond donors (Lipinski definition) is 1. The molecule has 0 aliphatic heterocycles. The fourth-order valence-electron chi connectivity index (χ4n) is 2.05. The molecule has 1 N–H and O–H groups in total. The molecule has 0 atom stereocenters. The number of nitrogens with one attached hydrogen (secondary N) is 1. The predicted octanol–water partition coefficient (Wildman–Crippen LogP) is 4.04. The van der Waals surface area contributed by atoms with Crippen LogP contribution in [-0.4, -0.2) is 20.8 Å². The zero-order chi connectivity index (χ0) is 15.1. The van der Waals surface area contributed by atoms with Gasteiger partial charge in [-0.3, -0.25) is 0 Å². The molecule has 0 saturated heterocycles. The number of rotatable bonds is 7. The van der Waals surface area contributed by atoms with Crippen molar-refractivity contribution < 1.29 is 9.47 Å². The van der Waals surface area contributed by atoms with Crippen LogP contribution in [0.15, 0.2) is 42.5 Å². The van der Waals surface area contributed by atoms with Crippen molar-refractivity contribution >= 4 is 11.6 Å². The summed E-state index contributed by atoms with van der Waals surface area (Å²) in [4.78, 5) is 0.